The number of phenolic OH excluding ortho intramolecular Hbond substituents is 1. The van der Waals surface area contributed by atoms with Gasteiger partial charge in [-0.2, -0.15) is 0 Å². The molecule has 1 unspecified atom stereocenters. The van der Waals surface area contributed by atoms with Crippen molar-refractivity contribution in [1.29, 1.82) is 0 Å². The first-order valence-corrected chi connectivity index (χ1v) is 9.82. The third kappa shape index (κ3) is 3.41. The fourth-order valence-corrected chi connectivity index (χ4v) is 4.47. The Kier molecular flexibility index (Phi) is 4.69. The van der Waals surface area contributed by atoms with Gasteiger partial charge in [-0.3, -0.25) is 14.5 Å². The van der Waals surface area contributed by atoms with Crippen LogP contribution >= 0.6 is 0 Å². The van der Waals surface area contributed by atoms with E-state index in [1.165, 1.54) is 0 Å². The molecule has 150 valence electrons. The minimum Gasteiger partial charge on any atom is -0.506 e. The molecule has 0 saturated carbocycles. The molecule has 2 aliphatic rings. The van der Waals surface area contributed by atoms with Gasteiger partial charge in [0.2, 0.25) is 5.91 Å². The van der Waals surface area contributed by atoms with Crippen LogP contribution in [-0.2, 0) is 9.59 Å². The Labute approximate surface area is 170 Å². The molecule has 5 nitrogen and oxygen atoms in total. The number of phenols is 1. The van der Waals surface area contributed by atoms with Gasteiger partial charge < -0.3 is 9.84 Å². The van der Waals surface area contributed by atoms with Crippen molar-refractivity contribution in [3.8, 4) is 11.5 Å². The highest BCUT2D eigenvalue weighted by atomic mass is 16.5. The van der Waals surface area contributed by atoms with Crippen LogP contribution in [-0.4, -0.2) is 23.9 Å². The molecule has 0 bridgehead atoms. The van der Waals surface area contributed by atoms with Gasteiger partial charge in [0.1, 0.15) is 11.5 Å². The summed E-state index contributed by atoms with van der Waals surface area (Å²) in [5.74, 6) is 0.444. The van der Waals surface area contributed by atoms with E-state index in [9.17, 15) is 14.7 Å². The van der Waals surface area contributed by atoms with E-state index in [1.807, 2.05) is 38.1 Å². The zero-order chi connectivity index (χ0) is 20.8. The number of ether oxygens (including phenoxy) is 1. The van der Waals surface area contributed by atoms with Crippen LogP contribution in [0, 0.1) is 5.41 Å². The number of carbonyl (C=O) groups excluding carboxylic acids is 2. The molecule has 1 amide bonds. The largest absolute Gasteiger partial charge is 0.506 e. The smallest absolute Gasteiger partial charge is 0.232 e. The number of carbonyl (C=O) groups is 2. The molecule has 1 aliphatic carbocycles. The number of rotatable bonds is 3. The predicted molar refractivity (Wildman–Crippen MR) is 111 cm³/mol. The lowest BCUT2D eigenvalue weighted by Crippen LogP contribution is -2.43. The maximum absolute atomic E-state index is 13.3. The molecule has 0 saturated heterocycles. The van der Waals surface area contributed by atoms with Crippen LogP contribution in [0.2, 0.25) is 0 Å². The molecule has 0 fully saturated rings. The molecular weight excluding hydrogens is 366 g/mol. The highest BCUT2D eigenvalue weighted by Gasteiger charge is 2.44. The van der Waals surface area contributed by atoms with Gasteiger partial charge in [0.25, 0.3) is 0 Å². The van der Waals surface area contributed by atoms with Crippen LogP contribution in [0.5, 0.6) is 11.5 Å². The van der Waals surface area contributed by atoms with Gasteiger partial charge in [-0.15, -0.1) is 0 Å². The molecule has 5 heteroatoms. The Morgan fingerprint density at radius 2 is 1.72 bits per heavy atom. The summed E-state index contributed by atoms with van der Waals surface area (Å²) in [6.07, 6.45) is 1.23. The fourth-order valence-electron chi connectivity index (χ4n) is 4.47. The van der Waals surface area contributed by atoms with Gasteiger partial charge in [-0.25, -0.2) is 0 Å². The van der Waals surface area contributed by atoms with Crippen LogP contribution in [0.25, 0.3) is 0 Å². The Bertz CT molecular complexity index is 1000. The number of benzene rings is 2. The predicted octanol–water partition coefficient (Wildman–Crippen LogP) is 4.56. The first kappa shape index (κ1) is 19.2. The molecule has 2 aromatic rings. The molecule has 4 rings (SSSR count). The Hall–Kier alpha value is -3.08. The molecule has 1 aliphatic heterocycles. The summed E-state index contributed by atoms with van der Waals surface area (Å²) < 4.78 is 5.24. The van der Waals surface area contributed by atoms with Crippen LogP contribution in [0.1, 0.15) is 44.6 Å². The van der Waals surface area contributed by atoms with Crippen molar-refractivity contribution in [2.45, 2.75) is 39.0 Å². The zero-order valence-electron chi connectivity index (χ0n) is 16.9. The molecule has 0 spiro atoms. The number of ketones is 1. The van der Waals surface area contributed by atoms with E-state index in [0.29, 0.717) is 29.8 Å². The number of nitrogens with zero attached hydrogens (tertiary/aromatic N) is 1. The molecular formula is C24H25NO4. The summed E-state index contributed by atoms with van der Waals surface area (Å²) in [6.45, 7) is 4.08. The third-order valence-electron chi connectivity index (χ3n) is 5.78. The summed E-state index contributed by atoms with van der Waals surface area (Å²) >= 11 is 0. The lowest BCUT2D eigenvalue weighted by molar-refractivity contribution is -0.121. The van der Waals surface area contributed by atoms with Gasteiger partial charge >= 0.3 is 0 Å². The van der Waals surface area contributed by atoms with E-state index < -0.39 is 0 Å². The van der Waals surface area contributed by atoms with Crippen molar-refractivity contribution in [2.75, 3.05) is 12.0 Å². The molecule has 29 heavy (non-hydrogen) atoms. The number of Topliss-reactive ketones (excluding diaryl/α,β-unsaturated/α-hetero) is 1. The first-order valence-electron chi connectivity index (χ1n) is 9.82. The Morgan fingerprint density at radius 1 is 1.03 bits per heavy atom. The second-order valence-electron chi connectivity index (χ2n) is 8.55. The van der Waals surface area contributed by atoms with Crippen LogP contribution in [0.3, 0.4) is 0 Å². The summed E-state index contributed by atoms with van der Waals surface area (Å²) in [4.78, 5) is 28.1. The molecule has 2 aromatic carbocycles. The zero-order valence-corrected chi connectivity index (χ0v) is 16.9. The topological polar surface area (TPSA) is 66.8 Å². The van der Waals surface area contributed by atoms with E-state index in [4.69, 9.17) is 4.74 Å². The van der Waals surface area contributed by atoms with E-state index in [-0.39, 0.29) is 35.2 Å². The van der Waals surface area contributed by atoms with E-state index in [1.54, 1.807) is 36.3 Å². The van der Waals surface area contributed by atoms with Crippen molar-refractivity contribution in [3.05, 3.63) is 65.4 Å². The summed E-state index contributed by atoms with van der Waals surface area (Å²) in [7, 11) is 1.61. The van der Waals surface area contributed by atoms with Gasteiger partial charge in [0.05, 0.1) is 12.8 Å². The Morgan fingerprint density at radius 3 is 2.38 bits per heavy atom. The maximum Gasteiger partial charge on any atom is 0.232 e. The molecule has 1 N–H and O–H groups in total. The minimum absolute atomic E-state index is 0.0337. The van der Waals surface area contributed by atoms with E-state index in [2.05, 4.69) is 0 Å². The van der Waals surface area contributed by atoms with E-state index >= 15 is 0 Å². The number of amides is 1. The number of anilines is 1. The van der Waals surface area contributed by atoms with Crippen LogP contribution in [0.15, 0.2) is 59.8 Å². The van der Waals surface area contributed by atoms with Crippen molar-refractivity contribution in [1.82, 2.24) is 0 Å². The second kappa shape index (κ2) is 7.07. The van der Waals surface area contributed by atoms with Crippen molar-refractivity contribution >= 4 is 17.4 Å². The number of aromatic hydroxyl groups is 1. The van der Waals surface area contributed by atoms with Crippen molar-refractivity contribution < 1.29 is 19.4 Å². The number of allylic oxidation sites excluding steroid dienone is 2. The van der Waals surface area contributed by atoms with Crippen LogP contribution in [0.4, 0.5) is 5.69 Å². The lowest BCUT2D eigenvalue weighted by Gasteiger charge is -2.43. The Balaban J connectivity index is 1.88. The average Bonchev–Trinajstić information content (AvgIpc) is 2.67. The number of methoxy groups -OCH3 is 1. The van der Waals surface area contributed by atoms with Gasteiger partial charge in [-0.1, -0.05) is 38.1 Å². The first-order chi connectivity index (χ1) is 13.8. The maximum atomic E-state index is 13.3. The van der Waals surface area contributed by atoms with Gasteiger partial charge in [-0.05, 0) is 41.7 Å². The molecule has 0 radical (unpaired) electrons. The highest BCUT2D eigenvalue weighted by molar-refractivity contribution is 6.08. The summed E-state index contributed by atoms with van der Waals surface area (Å²) in [6, 6.07) is 14.3. The SMILES string of the molecule is COc1ccc(C2CC(=O)N(c3ccccc3O)C3=C2C(=O)CC(C)(C)C3)cc1. The van der Waals surface area contributed by atoms with Crippen molar-refractivity contribution in [3.63, 3.8) is 0 Å². The van der Waals surface area contributed by atoms with Gasteiger partial charge in [0, 0.05) is 30.0 Å². The van der Waals surface area contributed by atoms with E-state index in [0.717, 1.165) is 11.3 Å². The lowest BCUT2D eigenvalue weighted by atomic mass is 9.69. The minimum atomic E-state index is -0.283. The molecule has 1 atom stereocenters. The number of hydrogen-bond acceptors (Lipinski definition) is 4. The average molecular weight is 391 g/mol. The molecule has 1 heterocycles. The highest BCUT2D eigenvalue weighted by Crippen LogP contribution is 2.49. The van der Waals surface area contributed by atoms with Crippen LogP contribution < -0.4 is 9.64 Å². The summed E-state index contributed by atoms with van der Waals surface area (Å²) in [5.41, 5.74) is 2.52. The quantitative estimate of drug-likeness (QED) is 0.833. The number of para-hydroxylation sites is 2. The monoisotopic (exact) mass is 391 g/mol. The van der Waals surface area contributed by atoms with Gasteiger partial charge in [0.15, 0.2) is 5.78 Å². The second-order valence-corrected chi connectivity index (χ2v) is 8.55. The normalized spacial score (nSPS) is 21.2. The number of hydrogen-bond donors (Lipinski definition) is 1. The summed E-state index contributed by atoms with van der Waals surface area (Å²) in [5, 5.41) is 10.4. The molecule has 0 aromatic heterocycles. The fraction of sp³-hybridized carbons (Fsp3) is 0.333. The third-order valence-corrected chi connectivity index (χ3v) is 5.78. The van der Waals surface area contributed by atoms with Crippen molar-refractivity contribution in [2.24, 2.45) is 5.41 Å². The standard InChI is InChI=1S/C24H25NO4/c1-24(2)13-19-23(21(27)14-24)17(15-8-10-16(29-3)11-9-15)12-22(28)25(19)18-6-4-5-7-20(18)26/h4-11,17,26H,12-14H2,1-3H3.